The second kappa shape index (κ2) is 8.84. The number of carbonyl (C=O) groups excluding carboxylic acids is 1. The predicted octanol–water partition coefficient (Wildman–Crippen LogP) is 3.51. The number of amides is 1. The Morgan fingerprint density at radius 1 is 1.25 bits per heavy atom. The quantitative estimate of drug-likeness (QED) is 0.627. The molecule has 0 bridgehead atoms. The Morgan fingerprint density at radius 3 is 2.56 bits per heavy atom. The summed E-state index contributed by atoms with van der Waals surface area (Å²) < 4.78 is 17.6. The SMILES string of the molecule is Cc1c(C)c2c(OCC(=O)N[C@@H](CC(C)C)C(=O)O)cc3c(c2oc1=O)CCC(C)(C)O3. The predicted molar refractivity (Wildman–Crippen MR) is 120 cm³/mol. The summed E-state index contributed by atoms with van der Waals surface area (Å²) >= 11 is 0. The summed E-state index contributed by atoms with van der Waals surface area (Å²) in [6.45, 7) is 10.8. The fraction of sp³-hybridized carbons (Fsp3) is 0.542. The topological polar surface area (TPSA) is 115 Å². The summed E-state index contributed by atoms with van der Waals surface area (Å²) in [4.78, 5) is 36.2. The van der Waals surface area contributed by atoms with Crippen molar-refractivity contribution in [2.75, 3.05) is 6.61 Å². The van der Waals surface area contributed by atoms with Crippen molar-refractivity contribution in [3.63, 3.8) is 0 Å². The average molecular weight is 446 g/mol. The third kappa shape index (κ3) is 4.89. The molecular weight excluding hydrogens is 414 g/mol. The van der Waals surface area contributed by atoms with Crippen LogP contribution in [0.3, 0.4) is 0 Å². The van der Waals surface area contributed by atoms with Gasteiger partial charge in [-0.05, 0) is 58.4 Å². The zero-order valence-corrected chi connectivity index (χ0v) is 19.5. The summed E-state index contributed by atoms with van der Waals surface area (Å²) in [7, 11) is 0. The van der Waals surface area contributed by atoms with Gasteiger partial charge in [-0.3, -0.25) is 4.79 Å². The molecule has 0 saturated carbocycles. The molecule has 1 aromatic heterocycles. The Labute approximate surface area is 186 Å². The molecule has 0 saturated heterocycles. The van der Waals surface area contributed by atoms with Gasteiger partial charge in [0.25, 0.3) is 5.91 Å². The molecule has 0 aliphatic carbocycles. The van der Waals surface area contributed by atoms with Crippen molar-refractivity contribution in [3.8, 4) is 11.5 Å². The number of aryl methyl sites for hydroxylation is 2. The van der Waals surface area contributed by atoms with Gasteiger partial charge in [0.1, 0.15) is 28.7 Å². The van der Waals surface area contributed by atoms with Crippen LogP contribution >= 0.6 is 0 Å². The minimum absolute atomic E-state index is 0.107. The number of carboxylic acids is 1. The number of carboxylic acid groups (broad SMARTS) is 1. The highest BCUT2D eigenvalue weighted by Gasteiger charge is 2.31. The van der Waals surface area contributed by atoms with Gasteiger partial charge in [-0.2, -0.15) is 0 Å². The van der Waals surface area contributed by atoms with Crippen molar-refractivity contribution >= 4 is 22.8 Å². The molecular formula is C24H31NO7. The van der Waals surface area contributed by atoms with Gasteiger partial charge in [0.15, 0.2) is 6.61 Å². The fourth-order valence-corrected chi connectivity index (χ4v) is 3.92. The van der Waals surface area contributed by atoms with Gasteiger partial charge >= 0.3 is 11.6 Å². The largest absolute Gasteiger partial charge is 0.487 e. The molecule has 1 atom stereocenters. The lowest BCUT2D eigenvalue weighted by Crippen LogP contribution is -2.43. The van der Waals surface area contributed by atoms with Crippen LogP contribution in [0.25, 0.3) is 11.0 Å². The van der Waals surface area contributed by atoms with Crippen molar-refractivity contribution in [2.24, 2.45) is 5.92 Å². The third-order valence-corrected chi connectivity index (χ3v) is 5.81. The van der Waals surface area contributed by atoms with Gasteiger partial charge in [0.05, 0.1) is 5.39 Å². The third-order valence-electron chi connectivity index (χ3n) is 5.81. The van der Waals surface area contributed by atoms with Gasteiger partial charge in [-0.15, -0.1) is 0 Å². The zero-order chi connectivity index (χ0) is 23.8. The number of ether oxygens (including phenoxy) is 2. The van der Waals surface area contributed by atoms with Crippen LogP contribution in [0.5, 0.6) is 11.5 Å². The molecule has 2 N–H and O–H groups in total. The molecule has 1 aliphatic heterocycles. The number of fused-ring (bicyclic) bond motifs is 3. The van der Waals surface area contributed by atoms with Crippen LogP contribution in [0.15, 0.2) is 15.3 Å². The molecule has 3 rings (SSSR count). The van der Waals surface area contributed by atoms with E-state index in [0.29, 0.717) is 46.4 Å². The minimum atomic E-state index is -1.09. The first-order chi connectivity index (χ1) is 14.9. The molecule has 174 valence electrons. The van der Waals surface area contributed by atoms with E-state index in [1.807, 2.05) is 34.6 Å². The normalized spacial score (nSPS) is 15.7. The molecule has 8 nitrogen and oxygen atoms in total. The second-order valence-corrected chi connectivity index (χ2v) is 9.43. The maximum atomic E-state index is 12.4. The molecule has 0 radical (unpaired) electrons. The number of benzene rings is 1. The molecule has 1 amide bonds. The fourth-order valence-electron chi connectivity index (χ4n) is 3.92. The maximum Gasteiger partial charge on any atom is 0.339 e. The van der Waals surface area contributed by atoms with Gasteiger partial charge in [-0.1, -0.05) is 13.8 Å². The summed E-state index contributed by atoms with van der Waals surface area (Å²) in [6, 6.07) is 0.735. The Morgan fingerprint density at radius 2 is 1.94 bits per heavy atom. The van der Waals surface area contributed by atoms with Crippen molar-refractivity contribution < 1.29 is 28.6 Å². The Bertz CT molecular complexity index is 1110. The number of hydrogen-bond donors (Lipinski definition) is 2. The highest BCUT2D eigenvalue weighted by molar-refractivity contribution is 5.92. The Balaban J connectivity index is 1.96. The molecule has 0 spiro atoms. The van der Waals surface area contributed by atoms with Crippen molar-refractivity contribution in [3.05, 3.63) is 33.2 Å². The van der Waals surface area contributed by atoms with E-state index in [-0.39, 0.29) is 18.1 Å². The molecule has 1 aliphatic rings. The lowest BCUT2D eigenvalue weighted by Gasteiger charge is -2.33. The van der Waals surface area contributed by atoms with E-state index in [4.69, 9.17) is 13.9 Å². The van der Waals surface area contributed by atoms with E-state index >= 15 is 0 Å². The van der Waals surface area contributed by atoms with Gasteiger partial charge in [0, 0.05) is 17.2 Å². The minimum Gasteiger partial charge on any atom is -0.487 e. The number of nitrogens with one attached hydrogen (secondary N) is 1. The second-order valence-electron chi connectivity index (χ2n) is 9.43. The highest BCUT2D eigenvalue weighted by atomic mass is 16.5. The van der Waals surface area contributed by atoms with Crippen molar-refractivity contribution in [1.82, 2.24) is 5.32 Å². The standard InChI is InChI=1S/C24H31NO7/c1-12(2)9-16(22(27)28)25-19(26)11-30-18-10-17-15(7-8-24(5,6)32-17)21-20(18)13(3)14(4)23(29)31-21/h10,12,16H,7-9,11H2,1-6H3,(H,25,26)(H,27,28)/t16-/m0/s1. The molecule has 0 fully saturated rings. The Hall–Kier alpha value is -3.03. The van der Waals surface area contributed by atoms with E-state index in [9.17, 15) is 19.5 Å². The van der Waals surface area contributed by atoms with E-state index in [0.717, 1.165) is 12.0 Å². The molecule has 1 aromatic carbocycles. The molecule has 8 heteroatoms. The summed E-state index contributed by atoms with van der Waals surface area (Å²) in [5.74, 6) is -0.617. The summed E-state index contributed by atoms with van der Waals surface area (Å²) in [6.07, 6.45) is 1.76. The van der Waals surface area contributed by atoms with E-state index in [1.165, 1.54) is 0 Å². The Kier molecular flexibility index (Phi) is 6.53. The number of aliphatic carboxylic acids is 1. The lowest BCUT2D eigenvalue weighted by molar-refractivity contribution is -0.142. The van der Waals surface area contributed by atoms with Crippen LogP contribution < -0.4 is 20.4 Å². The van der Waals surface area contributed by atoms with Gasteiger partial charge < -0.3 is 24.3 Å². The van der Waals surface area contributed by atoms with Crippen LogP contribution in [0.1, 0.15) is 57.2 Å². The first-order valence-electron chi connectivity index (χ1n) is 10.8. The summed E-state index contributed by atoms with van der Waals surface area (Å²) in [5.41, 5.74) is 1.58. The van der Waals surface area contributed by atoms with Crippen LogP contribution in [-0.2, 0) is 16.0 Å². The van der Waals surface area contributed by atoms with Crippen LogP contribution in [-0.4, -0.2) is 35.2 Å². The molecule has 2 aromatic rings. The zero-order valence-electron chi connectivity index (χ0n) is 19.5. The van der Waals surface area contributed by atoms with E-state index in [2.05, 4.69) is 5.32 Å². The molecule has 0 unspecified atom stereocenters. The number of hydrogen-bond acceptors (Lipinski definition) is 6. The first-order valence-corrected chi connectivity index (χ1v) is 10.8. The van der Waals surface area contributed by atoms with Gasteiger partial charge in [-0.25, -0.2) is 9.59 Å². The lowest BCUT2D eigenvalue weighted by atomic mass is 9.92. The van der Waals surface area contributed by atoms with Crippen molar-refractivity contribution in [1.29, 1.82) is 0 Å². The summed E-state index contributed by atoms with van der Waals surface area (Å²) in [5, 5.41) is 12.5. The first kappa shape index (κ1) is 23.6. The van der Waals surface area contributed by atoms with Crippen LogP contribution in [0.4, 0.5) is 0 Å². The van der Waals surface area contributed by atoms with E-state index in [1.54, 1.807) is 13.0 Å². The monoisotopic (exact) mass is 445 g/mol. The van der Waals surface area contributed by atoms with Crippen molar-refractivity contribution in [2.45, 2.75) is 72.4 Å². The molecule has 32 heavy (non-hydrogen) atoms. The molecule has 2 heterocycles. The number of rotatable bonds is 7. The maximum absolute atomic E-state index is 12.4. The average Bonchev–Trinajstić information content (AvgIpc) is 2.68. The number of carbonyl (C=O) groups is 2. The van der Waals surface area contributed by atoms with Gasteiger partial charge in [0.2, 0.25) is 0 Å². The van der Waals surface area contributed by atoms with Crippen LogP contribution in [0, 0.1) is 19.8 Å². The van der Waals surface area contributed by atoms with Crippen LogP contribution in [0.2, 0.25) is 0 Å². The van der Waals surface area contributed by atoms with E-state index < -0.39 is 23.5 Å². The smallest absolute Gasteiger partial charge is 0.339 e. The highest BCUT2D eigenvalue weighted by Crippen LogP contribution is 2.43.